The number of aromatic carboxylic acids is 2. The summed E-state index contributed by atoms with van der Waals surface area (Å²) in [7, 11) is 0. The van der Waals surface area contributed by atoms with E-state index in [1.807, 2.05) is 0 Å². The molecule has 5 N–H and O–H groups in total. The van der Waals surface area contributed by atoms with E-state index in [2.05, 4.69) is 30.9 Å². The Hall–Kier alpha value is -5.52. The maximum atomic E-state index is 12.1. The molecular weight excluding hydrogens is 504 g/mol. The van der Waals surface area contributed by atoms with Crippen molar-refractivity contribution in [1.82, 2.24) is 15.0 Å². The smallest absolute Gasteiger partial charge is 0.338 e. The number of ether oxygens (including phenoxy) is 1. The van der Waals surface area contributed by atoms with E-state index in [1.165, 1.54) is 24.3 Å². The van der Waals surface area contributed by atoms with Gasteiger partial charge in [0.1, 0.15) is 0 Å². The zero-order chi connectivity index (χ0) is 27.9. The number of carboxylic acid groups (broad SMARTS) is 2. The van der Waals surface area contributed by atoms with Gasteiger partial charge in [-0.15, -0.1) is 0 Å². The van der Waals surface area contributed by atoms with Crippen LogP contribution in [0.5, 0.6) is 0 Å². The Bertz CT molecular complexity index is 1410. The fraction of sp³-hybridized carbons (Fsp3) is 0.111. The first kappa shape index (κ1) is 26.5. The van der Waals surface area contributed by atoms with Crippen molar-refractivity contribution in [3.05, 3.63) is 89.5 Å². The van der Waals surface area contributed by atoms with Crippen LogP contribution in [0.25, 0.3) is 0 Å². The molecule has 12 nitrogen and oxygen atoms in total. The summed E-state index contributed by atoms with van der Waals surface area (Å²) in [4.78, 5) is 47.5. The summed E-state index contributed by atoms with van der Waals surface area (Å²) in [6.07, 6.45) is -0.238. The average Bonchev–Trinajstić information content (AvgIpc) is 2.89. The molecule has 0 atom stereocenters. The summed E-state index contributed by atoms with van der Waals surface area (Å²) in [5, 5.41) is 27.3. The first-order valence-corrected chi connectivity index (χ1v) is 11.7. The number of esters is 1. The van der Waals surface area contributed by atoms with Crippen molar-refractivity contribution in [1.29, 1.82) is 0 Å². The van der Waals surface area contributed by atoms with Gasteiger partial charge in [0.25, 0.3) is 0 Å². The van der Waals surface area contributed by atoms with Crippen LogP contribution in [0.4, 0.5) is 34.9 Å². The lowest BCUT2D eigenvalue weighted by Crippen LogP contribution is -2.11. The number of rotatable bonds is 10. The van der Waals surface area contributed by atoms with E-state index in [9.17, 15) is 14.4 Å². The van der Waals surface area contributed by atoms with E-state index < -0.39 is 17.9 Å². The standard InChI is InChI=1S/C27H24N6O6/c1-15(2)39-24(38)18-7-13-21(14-8-18)30-27-32-25(28-19-9-3-16(4-10-19)22(34)35)31-26(33-27)29-20-11-5-17(6-12-20)23(36)37/h3-15H,1-2H3,(H,34,35)(H,36,37)(H3,28,29,30,31,32,33). The summed E-state index contributed by atoms with van der Waals surface area (Å²) >= 11 is 0. The Morgan fingerprint density at radius 3 is 1.18 bits per heavy atom. The molecule has 0 amide bonds. The molecule has 198 valence electrons. The summed E-state index contributed by atoms with van der Waals surface area (Å²) in [5.41, 5.74) is 2.33. The van der Waals surface area contributed by atoms with Crippen molar-refractivity contribution in [2.24, 2.45) is 0 Å². The summed E-state index contributed by atoms with van der Waals surface area (Å²) in [6.45, 7) is 3.54. The van der Waals surface area contributed by atoms with Gasteiger partial charge in [0.05, 0.1) is 22.8 Å². The van der Waals surface area contributed by atoms with Gasteiger partial charge >= 0.3 is 17.9 Å². The van der Waals surface area contributed by atoms with Crippen LogP contribution in [0.1, 0.15) is 44.9 Å². The number of hydrogen-bond donors (Lipinski definition) is 5. The molecule has 1 heterocycles. The van der Waals surface area contributed by atoms with Gasteiger partial charge in [-0.25, -0.2) is 14.4 Å². The van der Waals surface area contributed by atoms with E-state index in [4.69, 9.17) is 14.9 Å². The highest BCUT2D eigenvalue weighted by Crippen LogP contribution is 2.22. The highest BCUT2D eigenvalue weighted by atomic mass is 16.5. The third-order valence-corrected chi connectivity index (χ3v) is 5.13. The molecule has 0 spiro atoms. The summed E-state index contributed by atoms with van der Waals surface area (Å²) in [5.74, 6) is -2.06. The molecular formula is C27H24N6O6. The van der Waals surface area contributed by atoms with Crippen LogP contribution in [0.15, 0.2) is 72.8 Å². The van der Waals surface area contributed by atoms with Gasteiger partial charge in [-0.05, 0) is 86.6 Å². The lowest BCUT2D eigenvalue weighted by Gasteiger charge is -2.12. The second kappa shape index (κ2) is 11.7. The monoisotopic (exact) mass is 528 g/mol. The number of hydrogen-bond acceptors (Lipinski definition) is 10. The van der Waals surface area contributed by atoms with Crippen molar-refractivity contribution >= 4 is 52.8 Å². The van der Waals surface area contributed by atoms with Crippen LogP contribution < -0.4 is 16.0 Å². The third kappa shape index (κ3) is 7.26. The molecule has 3 aromatic carbocycles. The highest BCUT2D eigenvalue weighted by Gasteiger charge is 2.12. The minimum absolute atomic E-state index is 0.131. The number of nitrogens with one attached hydrogen (secondary N) is 3. The van der Waals surface area contributed by atoms with Crippen LogP contribution in [-0.2, 0) is 4.74 Å². The molecule has 0 unspecified atom stereocenters. The summed E-state index contributed by atoms with van der Waals surface area (Å²) in [6, 6.07) is 18.7. The van der Waals surface area contributed by atoms with Crippen LogP contribution in [0, 0.1) is 0 Å². The van der Waals surface area contributed by atoms with Crippen LogP contribution in [0.2, 0.25) is 0 Å². The van der Waals surface area contributed by atoms with E-state index in [-0.39, 0.29) is 35.1 Å². The molecule has 4 rings (SSSR count). The molecule has 12 heteroatoms. The second-order valence-corrected chi connectivity index (χ2v) is 8.48. The minimum atomic E-state index is -1.04. The minimum Gasteiger partial charge on any atom is -0.478 e. The SMILES string of the molecule is CC(C)OC(=O)c1ccc(Nc2nc(Nc3ccc(C(=O)O)cc3)nc(Nc3ccc(C(=O)O)cc3)n2)cc1. The van der Waals surface area contributed by atoms with Crippen molar-refractivity contribution in [2.75, 3.05) is 16.0 Å². The number of benzene rings is 3. The molecule has 4 aromatic rings. The van der Waals surface area contributed by atoms with Gasteiger partial charge in [0.2, 0.25) is 17.8 Å². The fourth-order valence-electron chi connectivity index (χ4n) is 3.29. The number of carbonyl (C=O) groups excluding carboxylic acids is 1. The number of carboxylic acids is 2. The molecule has 1 aromatic heterocycles. The lowest BCUT2D eigenvalue weighted by molar-refractivity contribution is 0.0377. The maximum Gasteiger partial charge on any atom is 0.338 e. The Morgan fingerprint density at radius 2 is 0.897 bits per heavy atom. The molecule has 39 heavy (non-hydrogen) atoms. The fourth-order valence-corrected chi connectivity index (χ4v) is 3.29. The predicted molar refractivity (Wildman–Crippen MR) is 143 cm³/mol. The Labute approximate surface area is 222 Å². The quantitative estimate of drug-likeness (QED) is 0.173. The molecule has 0 aliphatic rings. The summed E-state index contributed by atoms with van der Waals surface area (Å²) < 4.78 is 5.21. The number of anilines is 6. The van der Waals surface area contributed by atoms with E-state index in [0.29, 0.717) is 22.6 Å². The van der Waals surface area contributed by atoms with Gasteiger partial charge in [0.15, 0.2) is 0 Å². The molecule has 0 saturated carbocycles. The molecule has 0 aliphatic heterocycles. The van der Waals surface area contributed by atoms with E-state index >= 15 is 0 Å². The highest BCUT2D eigenvalue weighted by molar-refractivity contribution is 5.90. The zero-order valence-electron chi connectivity index (χ0n) is 20.9. The first-order chi connectivity index (χ1) is 18.7. The van der Waals surface area contributed by atoms with E-state index in [1.54, 1.807) is 62.4 Å². The Kier molecular flexibility index (Phi) is 7.95. The predicted octanol–water partition coefficient (Wildman–Crippen LogP) is 5.06. The second-order valence-electron chi connectivity index (χ2n) is 8.48. The number of aromatic nitrogens is 3. The maximum absolute atomic E-state index is 12.1. The van der Waals surface area contributed by atoms with Gasteiger partial charge < -0.3 is 30.9 Å². The average molecular weight is 529 g/mol. The third-order valence-electron chi connectivity index (χ3n) is 5.13. The normalized spacial score (nSPS) is 10.5. The van der Waals surface area contributed by atoms with Crippen molar-refractivity contribution in [3.8, 4) is 0 Å². The van der Waals surface area contributed by atoms with Crippen LogP contribution in [0.3, 0.4) is 0 Å². The van der Waals surface area contributed by atoms with Crippen molar-refractivity contribution in [3.63, 3.8) is 0 Å². The largest absolute Gasteiger partial charge is 0.478 e. The first-order valence-electron chi connectivity index (χ1n) is 11.7. The van der Waals surface area contributed by atoms with E-state index in [0.717, 1.165) is 0 Å². The topological polar surface area (TPSA) is 176 Å². The van der Waals surface area contributed by atoms with Crippen molar-refractivity contribution < 1.29 is 29.3 Å². The Morgan fingerprint density at radius 1 is 0.590 bits per heavy atom. The van der Waals surface area contributed by atoms with Crippen molar-refractivity contribution in [2.45, 2.75) is 20.0 Å². The van der Waals surface area contributed by atoms with Gasteiger partial charge in [-0.3, -0.25) is 0 Å². The molecule has 0 fully saturated rings. The van der Waals surface area contributed by atoms with Gasteiger partial charge in [-0.1, -0.05) is 0 Å². The van der Waals surface area contributed by atoms with Gasteiger partial charge in [0, 0.05) is 17.1 Å². The zero-order valence-corrected chi connectivity index (χ0v) is 20.9. The number of nitrogens with zero attached hydrogens (tertiary/aromatic N) is 3. The molecule has 0 saturated heterocycles. The molecule has 0 bridgehead atoms. The van der Waals surface area contributed by atoms with Crippen LogP contribution >= 0.6 is 0 Å². The molecule has 0 radical (unpaired) electrons. The number of carbonyl (C=O) groups is 3. The van der Waals surface area contributed by atoms with Crippen LogP contribution in [-0.4, -0.2) is 49.2 Å². The molecule has 0 aliphatic carbocycles. The lowest BCUT2D eigenvalue weighted by atomic mass is 10.2. The van der Waals surface area contributed by atoms with Gasteiger partial charge in [-0.2, -0.15) is 15.0 Å². The Balaban J connectivity index is 1.59.